The zero-order valence-electron chi connectivity index (χ0n) is 16.3. The van der Waals surface area contributed by atoms with Crippen molar-refractivity contribution < 1.29 is 0 Å². The van der Waals surface area contributed by atoms with Crippen LogP contribution in [0, 0.1) is 6.92 Å². The molecule has 1 fully saturated rings. The van der Waals surface area contributed by atoms with E-state index in [1.165, 1.54) is 41.6 Å². The third-order valence-corrected chi connectivity index (χ3v) is 5.92. The Hall–Kier alpha value is -1.94. The van der Waals surface area contributed by atoms with Gasteiger partial charge >= 0.3 is 0 Å². The monoisotopic (exact) mass is 350 g/mol. The van der Waals surface area contributed by atoms with Gasteiger partial charge in [0, 0.05) is 36.2 Å². The Balaban J connectivity index is 1.84. The average Bonchev–Trinajstić information content (AvgIpc) is 2.87. The first-order valence-electron chi connectivity index (χ1n) is 10.1. The number of nitrogens with one attached hydrogen (secondary N) is 1. The van der Waals surface area contributed by atoms with Crippen LogP contribution in [0.4, 0.5) is 5.95 Å². The van der Waals surface area contributed by atoms with Crippen LogP contribution in [0.5, 0.6) is 0 Å². The fourth-order valence-electron chi connectivity index (χ4n) is 4.41. The maximum Gasteiger partial charge on any atom is 0.226 e. The minimum atomic E-state index is 0.506. The van der Waals surface area contributed by atoms with Crippen molar-refractivity contribution >= 4 is 5.95 Å². The van der Waals surface area contributed by atoms with Gasteiger partial charge in [0.15, 0.2) is 0 Å². The van der Waals surface area contributed by atoms with E-state index >= 15 is 0 Å². The highest BCUT2D eigenvalue weighted by Gasteiger charge is 2.29. The van der Waals surface area contributed by atoms with Crippen LogP contribution >= 0.6 is 0 Å². The standard InChI is InChI=1S/C22H30N4/c1-15-7-9-18(10-8-15)21-19-11-13-23-14-12-20(19)24-22(25-21)26-16(2)5-4-6-17(26)3/h7-10,16-17,23H,4-6,11-14H2,1-3H3/t16-,17+. The number of nitrogens with zero attached hydrogens (tertiary/aromatic N) is 3. The molecule has 0 amide bonds. The summed E-state index contributed by atoms with van der Waals surface area (Å²) in [6.45, 7) is 8.78. The summed E-state index contributed by atoms with van der Waals surface area (Å²) in [5.41, 5.74) is 6.21. The molecule has 3 heterocycles. The number of benzene rings is 1. The molecule has 0 unspecified atom stereocenters. The number of anilines is 1. The van der Waals surface area contributed by atoms with Crippen LogP contribution in [-0.4, -0.2) is 35.1 Å². The van der Waals surface area contributed by atoms with Crippen LogP contribution in [0.1, 0.15) is 49.9 Å². The van der Waals surface area contributed by atoms with Gasteiger partial charge < -0.3 is 10.2 Å². The second kappa shape index (κ2) is 7.36. The lowest BCUT2D eigenvalue weighted by atomic mass is 9.97. The van der Waals surface area contributed by atoms with Gasteiger partial charge in [-0.2, -0.15) is 0 Å². The topological polar surface area (TPSA) is 41.1 Å². The van der Waals surface area contributed by atoms with E-state index < -0.39 is 0 Å². The van der Waals surface area contributed by atoms with Crippen molar-refractivity contribution in [2.45, 2.75) is 65.0 Å². The Morgan fingerprint density at radius 2 is 1.65 bits per heavy atom. The summed E-state index contributed by atoms with van der Waals surface area (Å²) in [5, 5.41) is 3.52. The molecule has 138 valence electrons. The van der Waals surface area contributed by atoms with E-state index in [1.807, 2.05) is 0 Å². The highest BCUT2D eigenvalue weighted by molar-refractivity contribution is 5.66. The number of rotatable bonds is 2. The van der Waals surface area contributed by atoms with Crippen molar-refractivity contribution in [2.24, 2.45) is 0 Å². The molecule has 1 saturated heterocycles. The number of piperidine rings is 1. The smallest absolute Gasteiger partial charge is 0.226 e. The zero-order valence-corrected chi connectivity index (χ0v) is 16.3. The van der Waals surface area contributed by atoms with Gasteiger partial charge in [0.25, 0.3) is 0 Å². The third-order valence-electron chi connectivity index (χ3n) is 5.92. The number of hydrogen-bond donors (Lipinski definition) is 1. The molecular formula is C22H30N4. The third kappa shape index (κ3) is 3.35. The van der Waals surface area contributed by atoms with Crippen LogP contribution < -0.4 is 10.2 Å². The molecule has 0 radical (unpaired) electrons. The first-order valence-corrected chi connectivity index (χ1v) is 10.1. The lowest BCUT2D eigenvalue weighted by molar-refractivity contribution is 0.407. The van der Waals surface area contributed by atoms with Crippen molar-refractivity contribution in [3.05, 3.63) is 41.1 Å². The van der Waals surface area contributed by atoms with Gasteiger partial charge in [-0.3, -0.25) is 0 Å². The van der Waals surface area contributed by atoms with Crippen LogP contribution in [0.25, 0.3) is 11.3 Å². The number of hydrogen-bond acceptors (Lipinski definition) is 4. The molecule has 4 rings (SSSR count). The maximum absolute atomic E-state index is 5.14. The number of aryl methyl sites for hydroxylation is 1. The number of fused-ring (bicyclic) bond motifs is 1. The molecule has 2 aliphatic rings. The first kappa shape index (κ1) is 17.5. The summed E-state index contributed by atoms with van der Waals surface area (Å²) in [4.78, 5) is 12.7. The lowest BCUT2D eigenvalue weighted by Crippen LogP contribution is -2.45. The van der Waals surface area contributed by atoms with E-state index in [0.29, 0.717) is 12.1 Å². The summed E-state index contributed by atoms with van der Waals surface area (Å²) in [5.74, 6) is 0.931. The highest BCUT2D eigenvalue weighted by atomic mass is 15.3. The van der Waals surface area contributed by atoms with E-state index in [9.17, 15) is 0 Å². The summed E-state index contributed by atoms with van der Waals surface area (Å²) in [7, 11) is 0. The molecule has 4 heteroatoms. The lowest BCUT2D eigenvalue weighted by Gasteiger charge is -2.39. The molecule has 0 saturated carbocycles. The molecule has 2 aliphatic heterocycles. The van der Waals surface area contributed by atoms with Crippen molar-refractivity contribution in [3.8, 4) is 11.3 Å². The number of aromatic nitrogens is 2. The van der Waals surface area contributed by atoms with E-state index in [1.54, 1.807) is 0 Å². The van der Waals surface area contributed by atoms with Gasteiger partial charge in [0.1, 0.15) is 0 Å². The molecule has 4 nitrogen and oxygen atoms in total. The Bertz CT molecular complexity index is 758. The van der Waals surface area contributed by atoms with Gasteiger partial charge in [-0.15, -0.1) is 0 Å². The fraction of sp³-hybridized carbons (Fsp3) is 0.545. The van der Waals surface area contributed by atoms with Crippen molar-refractivity contribution in [3.63, 3.8) is 0 Å². The predicted octanol–water partition coefficient (Wildman–Crippen LogP) is 3.91. The molecule has 2 aromatic rings. The van der Waals surface area contributed by atoms with Gasteiger partial charge in [-0.1, -0.05) is 29.8 Å². The Kier molecular flexibility index (Phi) is 4.94. The SMILES string of the molecule is Cc1ccc(-c2nc(N3[C@H](C)CCC[C@@H]3C)nc3c2CCNCC3)cc1. The highest BCUT2D eigenvalue weighted by Crippen LogP contribution is 2.32. The van der Waals surface area contributed by atoms with Crippen molar-refractivity contribution in [1.29, 1.82) is 0 Å². The van der Waals surface area contributed by atoms with Gasteiger partial charge in [-0.25, -0.2) is 9.97 Å². The van der Waals surface area contributed by atoms with Crippen molar-refractivity contribution in [1.82, 2.24) is 15.3 Å². The molecule has 26 heavy (non-hydrogen) atoms. The molecule has 0 bridgehead atoms. The second-order valence-electron chi connectivity index (χ2n) is 7.95. The average molecular weight is 351 g/mol. The Labute approximate surface area is 157 Å². The molecule has 0 spiro atoms. The molecule has 0 aliphatic carbocycles. The van der Waals surface area contributed by atoms with E-state index in [-0.39, 0.29) is 0 Å². The van der Waals surface area contributed by atoms with Crippen LogP contribution in [0.2, 0.25) is 0 Å². The quantitative estimate of drug-likeness (QED) is 0.892. The van der Waals surface area contributed by atoms with E-state index in [2.05, 4.69) is 55.3 Å². The van der Waals surface area contributed by atoms with Gasteiger partial charge in [0.05, 0.1) is 11.4 Å². The molecule has 1 aromatic carbocycles. The summed E-state index contributed by atoms with van der Waals surface area (Å²) < 4.78 is 0. The zero-order chi connectivity index (χ0) is 18.1. The minimum Gasteiger partial charge on any atom is -0.335 e. The first-order chi connectivity index (χ1) is 12.6. The second-order valence-corrected chi connectivity index (χ2v) is 7.95. The maximum atomic E-state index is 5.14. The van der Waals surface area contributed by atoms with Gasteiger partial charge in [-0.05, 0) is 53.0 Å². The summed E-state index contributed by atoms with van der Waals surface area (Å²) in [6.07, 6.45) is 5.75. The van der Waals surface area contributed by atoms with Crippen LogP contribution in [0.15, 0.2) is 24.3 Å². The Morgan fingerprint density at radius 1 is 0.962 bits per heavy atom. The molecule has 1 aromatic heterocycles. The van der Waals surface area contributed by atoms with Crippen LogP contribution in [0.3, 0.4) is 0 Å². The summed E-state index contributed by atoms with van der Waals surface area (Å²) >= 11 is 0. The van der Waals surface area contributed by atoms with Crippen molar-refractivity contribution in [2.75, 3.05) is 18.0 Å². The predicted molar refractivity (Wildman–Crippen MR) is 108 cm³/mol. The summed E-state index contributed by atoms with van der Waals surface area (Å²) in [6, 6.07) is 9.81. The minimum absolute atomic E-state index is 0.506. The van der Waals surface area contributed by atoms with Crippen LogP contribution in [-0.2, 0) is 12.8 Å². The fourth-order valence-corrected chi connectivity index (χ4v) is 4.41. The van der Waals surface area contributed by atoms with E-state index in [0.717, 1.165) is 37.6 Å². The largest absolute Gasteiger partial charge is 0.335 e. The molecular weight excluding hydrogens is 320 g/mol. The van der Waals surface area contributed by atoms with E-state index in [4.69, 9.17) is 9.97 Å². The normalized spacial score (nSPS) is 23.4. The molecule has 1 N–H and O–H groups in total. The van der Waals surface area contributed by atoms with Gasteiger partial charge in [0.2, 0.25) is 5.95 Å². The Morgan fingerprint density at radius 3 is 2.38 bits per heavy atom. The molecule has 2 atom stereocenters.